The molecule has 1 amide bonds. The molecule has 0 rings (SSSR count). The Morgan fingerprint density at radius 1 is 0.711 bits per heavy atom. The molecule has 0 aliphatic rings. The Kier molecular flexibility index (Phi) is 24.4. The molecule has 38 heavy (non-hydrogen) atoms. The zero-order valence-electron chi connectivity index (χ0n) is 24.4. The molecule has 0 aromatic carbocycles. The second-order valence-electron chi connectivity index (χ2n) is 10.9. The fourth-order valence-electron chi connectivity index (χ4n) is 4.63. The van der Waals surface area contributed by atoms with Gasteiger partial charge in [0.1, 0.15) is 6.10 Å². The van der Waals surface area contributed by atoms with E-state index in [0.717, 1.165) is 51.4 Å². The van der Waals surface area contributed by atoms with Crippen molar-refractivity contribution in [3.05, 3.63) is 12.2 Å². The van der Waals surface area contributed by atoms with Gasteiger partial charge in [-0.25, -0.2) is 0 Å². The van der Waals surface area contributed by atoms with Crippen LogP contribution in [-0.2, 0) is 14.9 Å². The van der Waals surface area contributed by atoms with E-state index in [4.69, 9.17) is 0 Å². The number of unbranched alkanes of at least 4 members (excludes halogenated alkanes) is 18. The first kappa shape index (κ1) is 37.0. The lowest BCUT2D eigenvalue weighted by Gasteiger charge is -2.22. The maximum Gasteiger partial charge on any atom is 0.267 e. The summed E-state index contributed by atoms with van der Waals surface area (Å²) in [6.45, 7) is 4.39. The number of nitrogens with one attached hydrogen (secondary N) is 1. The number of hydrogen-bond donors (Lipinski definition) is 4. The Hall–Kier alpha value is -0.960. The molecule has 0 aromatic rings. The van der Waals surface area contributed by atoms with Gasteiger partial charge in [0.25, 0.3) is 10.1 Å². The van der Waals surface area contributed by atoms with Crippen molar-refractivity contribution < 1.29 is 28.0 Å². The second-order valence-corrected chi connectivity index (χ2v) is 12.4. The Balaban J connectivity index is 4.12. The van der Waals surface area contributed by atoms with Crippen LogP contribution in [0.3, 0.4) is 0 Å². The summed E-state index contributed by atoms with van der Waals surface area (Å²) in [5.74, 6) is -1.54. The van der Waals surface area contributed by atoms with Crippen molar-refractivity contribution in [2.75, 3.05) is 5.75 Å². The fourth-order valence-corrected chi connectivity index (χ4v) is 5.36. The summed E-state index contributed by atoms with van der Waals surface area (Å²) < 4.78 is 32.0. The number of carbonyl (C=O) groups is 1. The van der Waals surface area contributed by atoms with Gasteiger partial charge < -0.3 is 15.5 Å². The SMILES string of the molecule is CCCCCCC/C=C/C(O)C(CS(=O)(=O)O)NC(=O)C(O)CCCCCCCCCCCCCCCC. The van der Waals surface area contributed by atoms with Crippen molar-refractivity contribution in [3.8, 4) is 0 Å². The van der Waals surface area contributed by atoms with Crippen molar-refractivity contribution in [3.63, 3.8) is 0 Å². The van der Waals surface area contributed by atoms with E-state index in [1.54, 1.807) is 6.08 Å². The minimum atomic E-state index is -4.42. The molecular formula is C30H59NO6S. The number of rotatable bonds is 27. The summed E-state index contributed by atoms with van der Waals surface area (Å²) in [4.78, 5) is 12.4. The quantitative estimate of drug-likeness (QED) is 0.0493. The van der Waals surface area contributed by atoms with Gasteiger partial charge in [0.15, 0.2) is 0 Å². The lowest BCUT2D eigenvalue weighted by molar-refractivity contribution is -0.130. The van der Waals surface area contributed by atoms with Crippen molar-refractivity contribution in [1.82, 2.24) is 5.32 Å². The maximum absolute atomic E-state index is 12.4. The van der Waals surface area contributed by atoms with E-state index in [0.29, 0.717) is 6.42 Å². The third-order valence-electron chi connectivity index (χ3n) is 7.07. The van der Waals surface area contributed by atoms with Gasteiger partial charge in [-0.3, -0.25) is 9.35 Å². The van der Waals surface area contributed by atoms with Crippen molar-refractivity contribution in [1.29, 1.82) is 0 Å². The lowest BCUT2D eigenvalue weighted by atomic mass is 10.0. The molecule has 0 aliphatic heterocycles. The highest BCUT2D eigenvalue weighted by molar-refractivity contribution is 7.85. The van der Waals surface area contributed by atoms with E-state index in [1.807, 2.05) is 0 Å². The van der Waals surface area contributed by atoms with Crippen LogP contribution in [0.5, 0.6) is 0 Å². The predicted molar refractivity (Wildman–Crippen MR) is 158 cm³/mol. The van der Waals surface area contributed by atoms with Crippen LogP contribution in [-0.4, -0.2) is 53.1 Å². The van der Waals surface area contributed by atoms with Crippen LogP contribution in [0.1, 0.15) is 149 Å². The topological polar surface area (TPSA) is 124 Å². The molecule has 0 aromatic heterocycles. The smallest absolute Gasteiger partial charge is 0.267 e. The van der Waals surface area contributed by atoms with Gasteiger partial charge in [-0.05, 0) is 19.3 Å². The normalized spacial score (nSPS) is 14.6. The third kappa shape index (κ3) is 24.1. The zero-order valence-corrected chi connectivity index (χ0v) is 25.2. The summed E-state index contributed by atoms with van der Waals surface area (Å²) >= 11 is 0. The monoisotopic (exact) mass is 561 g/mol. The molecule has 0 fully saturated rings. The maximum atomic E-state index is 12.4. The summed E-state index contributed by atoms with van der Waals surface area (Å²) in [5.41, 5.74) is 0. The molecule has 0 saturated heterocycles. The molecule has 0 spiro atoms. The molecule has 8 heteroatoms. The molecular weight excluding hydrogens is 502 g/mol. The van der Waals surface area contributed by atoms with E-state index in [-0.39, 0.29) is 6.42 Å². The van der Waals surface area contributed by atoms with E-state index < -0.39 is 40.0 Å². The molecule has 0 saturated carbocycles. The van der Waals surface area contributed by atoms with Gasteiger partial charge in [0.2, 0.25) is 5.91 Å². The second kappa shape index (κ2) is 25.0. The zero-order chi connectivity index (χ0) is 28.5. The van der Waals surface area contributed by atoms with Crippen LogP contribution < -0.4 is 5.32 Å². The molecule has 0 heterocycles. The van der Waals surface area contributed by atoms with Crippen LogP contribution in [0.25, 0.3) is 0 Å². The van der Waals surface area contributed by atoms with E-state index in [1.165, 1.54) is 76.7 Å². The van der Waals surface area contributed by atoms with E-state index in [2.05, 4.69) is 19.2 Å². The summed E-state index contributed by atoms with van der Waals surface area (Å²) in [7, 11) is -4.42. The van der Waals surface area contributed by atoms with Crippen LogP contribution in [0.2, 0.25) is 0 Å². The van der Waals surface area contributed by atoms with Crippen molar-refractivity contribution in [2.24, 2.45) is 0 Å². The summed E-state index contributed by atoms with van der Waals surface area (Å²) in [6, 6.07) is -1.22. The van der Waals surface area contributed by atoms with Gasteiger partial charge >= 0.3 is 0 Å². The Bertz CT molecular complexity index is 682. The Morgan fingerprint density at radius 3 is 1.58 bits per heavy atom. The number of carbonyl (C=O) groups excluding carboxylic acids is 1. The summed E-state index contributed by atoms with van der Waals surface area (Å²) in [6.07, 6.45) is 24.4. The average molecular weight is 562 g/mol. The number of hydrogen-bond acceptors (Lipinski definition) is 5. The molecule has 4 N–H and O–H groups in total. The summed E-state index contributed by atoms with van der Waals surface area (Å²) in [5, 5.41) is 23.0. The molecule has 3 unspecified atom stereocenters. The molecule has 0 bridgehead atoms. The lowest BCUT2D eigenvalue weighted by Crippen LogP contribution is -2.50. The first-order valence-electron chi connectivity index (χ1n) is 15.5. The molecule has 0 radical (unpaired) electrons. The molecule has 7 nitrogen and oxygen atoms in total. The minimum absolute atomic E-state index is 0.284. The largest absolute Gasteiger partial charge is 0.387 e. The first-order chi connectivity index (χ1) is 18.2. The highest BCUT2D eigenvalue weighted by Crippen LogP contribution is 2.14. The Morgan fingerprint density at radius 2 is 1.13 bits per heavy atom. The molecule has 0 aliphatic carbocycles. The predicted octanol–water partition coefficient (Wildman–Crippen LogP) is 6.87. The highest BCUT2D eigenvalue weighted by atomic mass is 32.2. The molecule has 3 atom stereocenters. The minimum Gasteiger partial charge on any atom is -0.387 e. The van der Waals surface area contributed by atoms with Crippen LogP contribution in [0.4, 0.5) is 0 Å². The standard InChI is InChI=1S/C30H59NO6S/c1-3-5-7-9-11-12-13-14-15-16-17-19-21-23-25-29(33)30(34)31-27(26-38(35,36)37)28(32)24-22-20-18-10-8-6-4-2/h22,24,27-29,32-33H,3-21,23,25-26H2,1-2H3,(H,31,34)(H,35,36,37)/b24-22+. The highest BCUT2D eigenvalue weighted by Gasteiger charge is 2.27. The third-order valence-corrected chi connectivity index (χ3v) is 7.85. The van der Waals surface area contributed by atoms with Gasteiger partial charge in [-0.2, -0.15) is 8.42 Å². The number of aliphatic hydroxyl groups is 2. The fraction of sp³-hybridized carbons (Fsp3) is 0.900. The Labute approximate surface area is 234 Å². The van der Waals surface area contributed by atoms with Crippen LogP contribution in [0.15, 0.2) is 12.2 Å². The van der Waals surface area contributed by atoms with Crippen LogP contribution in [0, 0.1) is 0 Å². The van der Waals surface area contributed by atoms with Crippen molar-refractivity contribution in [2.45, 2.75) is 167 Å². The van der Waals surface area contributed by atoms with E-state index in [9.17, 15) is 28.0 Å². The number of amides is 1. The van der Waals surface area contributed by atoms with Gasteiger partial charge in [-0.15, -0.1) is 0 Å². The number of aliphatic hydroxyl groups excluding tert-OH is 2. The van der Waals surface area contributed by atoms with Crippen molar-refractivity contribution >= 4 is 16.0 Å². The van der Waals surface area contributed by atoms with Gasteiger partial charge in [0, 0.05) is 0 Å². The number of allylic oxidation sites excluding steroid dienone is 1. The average Bonchev–Trinajstić information content (AvgIpc) is 2.86. The van der Waals surface area contributed by atoms with Gasteiger partial charge in [-0.1, -0.05) is 142 Å². The van der Waals surface area contributed by atoms with Crippen LogP contribution >= 0.6 is 0 Å². The molecule has 226 valence electrons. The van der Waals surface area contributed by atoms with E-state index >= 15 is 0 Å². The van der Waals surface area contributed by atoms with Gasteiger partial charge in [0.05, 0.1) is 17.9 Å². The first-order valence-corrected chi connectivity index (χ1v) is 17.1.